The molecule has 3 heterocycles. The highest BCUT2D eigenvalue weighted by Gasteiger charge is 2.50. The van der Waals surface area contributed by atoms with Crippen LogP contribution in [-0.2, 0) is 32.5 Å². The Hall–Kier alpha value is -6.00. The van der Waals surface area contributed by atoms with Gasteiger partial charge in [-0.1, -0.05) is 183 Å². The van der Waals surface area contributed by atoms with E-state index in [9.17, 15) is 0 Å². The second-order valence-corrected chi connectivity index (χ2v) is 28.7. The lowest BCUT2D eigenvalue weighted by molar-refractivity contribution is 0.332. The molecule has 3 nitrogen and oxygen atoms in total. The van der Waals surface area contributed by atoms with Gasteiger partial charge in [0.2, 0.25) is 0 Å². The van der Waals surface area contributed by atoms with Crippen molar-refractivity contribution in [2.24, 2.45) is 5.92 Å². The van der Waals surface area contributed by atoms with E-state index >= 15 is 0 Å². The van der Waals surface area contributed by atoms with Crippen LogP contribution in [0, 0.1) is 5.92 Å². The third-order valence-electron chi connectivity index (χ3n) is 20.0. The zero-order valence-corrected chi connectivity index (χ0v) is 47.7. The van der Waals surface area contributed by atoms with Crippen LogP contribution in [0.4, 0.5) is 34.1 Å². The van der Waals surface area contributed by atoms with Crippen LogP contribution >= 0.6 is 0 Å². The summed E-state index contributed by atoms with van der Waals surface area (Å²) in [7, 11) is 0. The molecule has 0 radical (unpaired) electrons. The van der Waals surface area contributed by atoms with Gasteiger partial charge in [0.15, 0.2) is 0 Å². The maximum absolute atomic E-state index is 7.59. The first-order chi connectivity index (χ1) is 35.3. The van der Waals surface area contributed by atoms with Gasteiger partial charge in [0.25, 0.3) is 6.71 Å². The highest BCUT2D eigenvalue weighted by Crippen LogP contribution is 2.57. The second-order valence-electron chi connectivity index (χ2n) is 28.7. The lowest BCUT2D eigenvalue weighted by Gasteiger charge is -2.47. The van der Waals surface area contributed by atoms with Crippen LogP contribution in [-0.4, -0.2) is 6.71 Å². The van der Waals surface area contributed by atoms with E-state index < -0.39 is 0 Å². The molecule has 1 aromatic heterocycles. The smallest absolute Gasteiger partial charge is 0.297 e. The largest absolute Gasteiger partial charge is 0.468 e. The molecule has 4 atom stereocenters. The fourth-order valence-electron chi connectivity index (χ4n) is 15.2. The minimum Gasteiger partial charge on any atom is -0.468 e. The zero-order valence-electron chi connectivity index (χ0n) is 47.7. The molecule has 0 saturated heterocycles. The molecule has 4 heteroatoms. The number of allylic oxidation sites excluding steroid dienone is 4. The Morgan fingerprint density at radius 2 is 1.07 bits per heavy atom. The first kappa shape index (κ1) is 48.6. The van der Waals surface area contributed by atoms with Crippen molar-refractivity contribution in [1.29, 1.82) is 0 Å². The van der Waals surface area contributed by atoms with Gasteiger partial charge in [-0.25, -0.2) is 0 Å². The van der Waals surface area contributed by atoms with Crippen molar-refractivity contribution in [3.63, 3.8) is 0 Å². The van der Waals surface area contributed by atoms with Crippen LogP contribution in [0.5, 0.6) is 0 Å². The Labute approximate surface area is 449 Å². The molecule has 7 aromatic rings. The molecular formula is C71H79BN2O. The maximum atomic E-state index is 7.59. The Bertz CT molecular complexity index is 3600. The van der Waals surface area contributed by atoms with Gasteiger partial charge < -0.3 is 14.2 Å². The monoisotopic (exact) mass is 987 g/mol. The van der Waals surface area contributed by atoms with Crippen LogP contribution < -0.4 is 26.4 Å². The minimum atomic E-state index is -0.148. The Morgan fingerprint density at radius 3 is 1.68 bits per heavy atom. The molecule has 0 bridgehead atoms. The molecule has 4 aliphatic carbocycles. The molecule has 13 rings (SSSR count). The van der Waals surface area contributed by atoms with Crippen molar-refractivity contribution in [2.45, 2.75) is 180 Å². The Kier molecular flexibility index (Phi) is 10.4. The first-order valence-corrected chi connectivity index (χ1v) is 28.6. The number of furan rings is 1. The molecule has 0 spiro atoms. The molecule has 6 aromatic carbocycles. The first-order valence-electron chi connectivity index (χ1n) is 28.6. The van der Waals surface area contributed by atoms with Crippen molar-refractivity contribution in [3.8, 4) is 0 Å². The van der Waals surface area contributed by atoms with E-state index in [1.54, 1.807) is 0 Å². The molecule has 0 amide bonds. The number of hydrogen-bond donors (Lipinski definition) is 0. The van der Waals surface area contributed by atoms with Gasteiger partial charge in [-0.15, -0.1) is 0 Å². The standard InChI is InChI=1S/C71H79BN2O/c1-42-48-20-16-17-21-49(48)50-22-18-19-23-51(50)62(42)43-36-59-63-60(37-43)74(47-27-29-54-56(41-47)71(14,15)35-33-69(54,10)11)64-52-38-44(66(2,3)4)25-31-61(52)75-65(64)72(63)57-39-45(67(5,6)7)24-30-58(57)73(59)46-26-28-53-55(40-46)70(12,13)34-32-68(53,8)9/h16-31,36-42,50-51,62H,32-35H2,1-15H3/t42?,50?,51?,62-/m1/s1. The summed E-state index contributed by atoms with van der Waals surface area (Å²) in [5.41, 5.74) is 25.1. The number of nitrogens with zero attached hydrogens (tertiary/aromatic N) is 2. The third-order valence-corrected chi connectivity index (χ3v) is 20.0. The minimum absolute atomic E-state index is 0.0236. The number of anilines is 6. The average Bonchev–Trinajstić information content (AvgIpc) is 3.77. The van der Waals surface area contributed by atoms with Crippen LogP contribution in [0.25, 0.3) is 11.0 Å². The van der Waals surface area contributed by atoms with Crippen molar-refractivity contribution >= 4 is 68.4 Å². The van der Waals surface area contributed by atoms with Gasteiger partial charge >= 0.3 is 0 Å². The summed E-state index contributed by atoms with van der Waals surface area (Å²) in [6, 6.07) is 44.2. The molecule has 0 fully saturated rings. The lowest BCUT2D eigenvalue weighted by atomic mass is 9.35. The summed E-state index contributed by atoms with van der Waals surface area (Å²) in [5.74, 6) is 1.11. The molecule has 0 saturated carbocycles. The summed E-state index contributed by atoms with van der Waals surface area (Å²) in [4.78, 5) is 5.38. The highest BCUT2D eigenvalue weighted by molar-refractivity contribution is 7.00. The van der Waals surface area contributed by atoms with Crippen LogP contribution in [0.3, 0.4) is 0 Å². The Balaban J connectivity index is 1.18. The fraction of sp³-hybridized carbons (Fsp3) is 0.408. The number of rotatable bonds is 3. The van der Waals surface area contributed by atoms with Crippen LogP contribution in [0.1, 0.15) is 197 Å². The molecule has 3 unspecified atom stereocenters. The van der Waals surface area contributed by atoms with Gasteiger partial charge in [0.05, 0.1) is 11.3 Å². The van der Waals surface area contributed by atoms with E-state index in [-0.39, 0.29) is 51.0 Å². The topological polar surface area (TPSA) is 19.6 Å². The summed E-state index contributed by atoms with van der Waals surface area (Å²) in [6.45, 7) is 36.2. The van der Waals surface area contributed by atoms with Gasteiger partial charge in [0, 0.05) is 39.7 Å². The summed E-state index contributed by atoms with van der Waals surface area (Å²) < 4.78 is 7.59. The molecule has 6 aliphatic rings. The van der Waals surface area contributed by atoms with Gasteiger partial charge in [-0.2, -0.15) is 0 Å². The summed E-state index contributed by atoms with van der Waals surface area (Å²) in [6.07, 6.45) is 14.3. The second kappa shape index (κ2) is 16.0. The quantitative estimate of drug-likeness (QED) is 0.165. The SMILES string of the molecule is CC1c2ccccc2C2C=CC=CC2[C@H]1c1cc2c3c(c1)N(c1ccc4c(c1)C(C)(C)CCC4(C)C)c1c(oc4ccc(C(C)(C)C)cc14)B3c1cc(C(C)(C)C)ccc1N2c1ccc2c(c1)C(C)(C)CCC2(C)C. The van der Waals surface area contributed by atoms with Crippen molar-refractivity contribution in [2.75, 3.05) is 9.80 Å². The lowest BCUT2D eigenvalue weighted by Crippen LogP contribution is -2.61. The van der Waals surface area contributed by atoms with Gasteiger partial charge in [0.1, 0.15) is 5.58 Å². The van der Waals surface area contributed by atoms with E-state index in [0.29, 0.717) is 11.8 Å². The third kappa shape index (κ3) is 7.26. The van der Waals surface area contributed by atoms with E-state index in [1.807, 2.05) is 0 Å². The zero-order chi connectivity index (χ0) is 52.7. The van der Waals surface area contributed by atoms with Crippen molar-refractivity contribution in [3.05, 3.63) is 184 Å². The van der Waals surface area contributed by atoms with Gasteiger partial charge in [-0.3, -0.25) is 0 Å². The van der Waals surface area contributed by atoms with Gasteiger partial charge in [-0.05, 0) is 192 Å². The van der Waals surface area contributed by atoms with E-state index in [0.717, 1.165) is 24.1 Å². The normalized spacial score (nSPS) is 23.2. The van der Waals surface area contributed by atoms with Crippen LogP contribution in [0.15, 0.2) is 138 Å². The van der Waals surface area contributed by atoms with E-state index in [4.69, 9.17) is 4.42 Å². The predicted molar refractivity (Wildman–Crippen MR) is 320 cm³/mol. The van der Waals surface area contributed by atoms with E-state index in [2.05, 4.69) is 247 Å². The number of fused-ring (bicyclic) bond motifs is 11. The summed E-state index contributed by atoms with van der Waals surface area (Å²) >= 11 is 0. The molecule has 75 heavy (non-hydrogen) atoms. The fourth-order valence-corrected chi connectivity index (χ4v) is 15.2. The maximum Gasteiger partial charge on any atom is 0.297 e. The highest BCUT2D eigenvalue weighted by atomic mass is 16.3. The molecule has 2 aliphatic heterocycles. The molecule has 0 N–H and O–H groups in total. The van der Waals surface area contributed by atoms with Crippen molar-refractivity contribution < 1.29 is 4.42 Å². The number of benzene rings is 6. The Morgan fingerprint density at radius 1 is 0.533 bits per heavy atom. The van der Waals surface area contributed by atoms with E-state index in [1.165, 1.54) is 113 Å². The molecular weight excluding hydrogens is 908 g/mol. The number of hydrogen-bond acceptors (Lipinski definition) is 3. The van der Waals surface area contributed by atoms with Crippen molar-refractivity contribution in [1.82, 2.24) is 0 Å². The molecule has 382 valence electrons. The predicted octanol–water partition coefficient (Wildman–Crippen LogP) is 17.5. The van der Waals surface area contributed by atoms with Crippen LogP contribution in [0.2, 0.25) is 0 Å². The average molecular weight is 987 g/mol. The summed E-state index contributed by atoms with van der Waals surface area (Å²) in [5, 5.41) is 1.18.